The van der Waals surface area contributed by atoms with Crippen molar-refractivity contribution in [3.8, 4) is 5.69 Å². The third-order valence-corrected chi connectivity index (χ3v) is 4.46. The molecule has 3 aromatic rings. The zero-order valence-electron chi connectivity index (χ0n) is 16.4. The second-order valence-electron chi connectivity index (χ2n) is 6.90. The molecule has 142 valence electrons. The number of nitrogens with one attached hydrogen (secondary N) is 2. The molecule has 0 aliphatic carbocycles. The van der Waals surface area contributed by atoms with Gasteiger partial charge in [-0.3, -0.25) is 4.79 Å². The lowest BCUT2D eigenvalue weighted by atomic mass is 10.2. The molecule has 0 spiro atoms. The van der Waals surface area contributed by atoms with Crippen LogP contribution in [0.25, 0.3) is 5.69 Å². The van der Waals surface area contributed by atoms with E-state index in [0.717, 1.165) is 22.8 Å². The molecule has 27 heavy (non-hydrogen) atoms. The van der Waals surface area contributed by atoms with Crippen LogP contribution in [0.4, 0.5) is 11.5 Å². The smallest absolute Gasteiger partial charge is 0.247 e. The number of aromatic nitrogens is 4. The van der Waals surface area contributed by atoms with Gasteiger partial charge in [0.1, 0.15) is 11.9 Å². The van der Waals surface area contributed by atoms with E-state index >= 15 is 0 Å². The highest BCUT2D eigenvalue weighted by Crippen LogP contribution is 2.23. The summed E-state index contributed by atoms with van der Waals surface area (Å²) in [6.45, 7) is 9.81. The molecule has 2 aromatic heterocycles. The van der Waals surface area contributed by atoms with Crippen molar-refractivity contribution in [1.29, 1.82) is 0 Å². The Morgan fingerprint density at radius 2 is 1.78 bits per heavy atom. The lowest BCUT2D eigenvalue weighted by molar-refractivity contribution is -0.116. The largest absolute Gasteiger partial charge is 0.371 e. The predicted molar refractivity (Wildman–Crippen MR) is 107 cm³/mol. The Bertz CT molecular complexity index is 925. The first-order valence-electron chi connectivity index (χ1n) is 9.11. The average molecular weight is 366 g/mol. The van der Waals surface area contributed by atoms with Gasteiger partial charge in [0.05, 0.1) is 29.0 Å². The van der Waals surface area contributed by atoms with E-state index in [4.69, 9.17) is 0 Å². The van der Waals surface area contributed by atoms with E-state index in [9.17, 15) is 4.79 Å². The molecule has 2 heterocycles. The fourth-order valence-electron chi connectivity index (χ4n) is 3.01. The molecule has 2 N–H and O–H groups in total. The highest BCUT2D eigenvalue weighted by Gasteiger charge is 2.20. The first kappa shape index (κ1) is 18.7. The maximum atomic E-state index is 12.6. The van der Waals surface area contributed by atoms with Gasteiger partial charge in [0.25, 0.3) is 0 Å². The third-order valence-electron chi connectivity index (χ3n) is 4.46. The van der Waals surface area contributed by atoms with Gasteiger partial charge in [-0.15, -0.1) is 0 Å². The molecule has 0 aliphatic rings. The van der Waals surface area contributed by atoms with Crippen molar-refractivity contribution in [2.75, 3.05) is 10.6 Å². The summed E-state index contributed by atoms with van der Waals surface area (Å²) in [7, 11) is 0. The SMILES string of the molecule is Cc1nn(-c2ccccc2)c(C)c1NC(C)C(=O)Nc1ccnn1C(C)C. The van der Waals surface area contributed by atoms with E-state index in [1.54, 1.807) is 16.9 Å². The van der Waals surface area contributed by atoms with E-state index in [1.165, 1.54) is 0 Å². The maximum Gasteiger partial charge on any atom is 0.247 e. The zero-order valence-corrected chi connectivity index (χ0v) is 16.4. The number of hydrogen-bond acceptors (Lipinski definition) is 4. The van der Waals surface area contributed by atoms with E-state index in [0.29, 0.717) is 5.82 Å². The number of para-hydroxylation sites is 1. The molecule has 0 saturated heterocycles. The van der Waals surface area contributed by atoms with Gasteiger partial charge in [0.2, 0.25) is 5.91 Å². The number of nitrogens with zero attached hydrogens (tertiary/aromatic N) is 4. The van der Waals surface area contributed by atoms with Crippen molar-refractivity contribution < 1.29 is 4.79 Å². The topological polar surface area (TPSA) is 76.8 Å². The molecular formula is C20H26N6O. The van der Waals surface area contributed by atoms with Crippen molar-refractivity contribution in [1.82, 2.24) is 19.6 Å². The van der Waals surface area contributed by atoms with Gasteiger partial charge in [-0.1, -0.05) is 18.2 Å². The van der Waals surface area contributed by atoms with Crippen LogP contribution in [0.1, 0.15) is 38.2 Å². The number of benzene rings is 1. The van der Waals surface area contributed by atoms with Crippen molar-refractivity contribution in [2.24, 2.45) is 0 Å². The predicted octanol–water partition coefficient (Wildman–Crippen LogP) is 3.71. The summed E-state index contributed by atoms with van der Waals surface area (Å²) in [6.07, 6.45) is 1.69. The molecule has 0 aliphatic heterocycles. The highest BCUT2D eigenvalue weighted by molar-refractivity contribution is 5.95. The second kappa shape index (κ2) is 7.65. The minimum atomic E-state index is -0.425. The summed E-state index contributed by atoms with van der Waals surface area (Å²) in [5, 5.41) is 15.1. The van der Waals surface area contributed by atoms with Crippen LogP contribution in [-0.4, -0.2) is 31.5 Å². The van der Waals surface area contributed by atoms with E-state index in [2.05, 4.69) is 20.8 Å². The molecular weight excluding hydrogens is 340 g/mol. The molecule has 1 atom stereocenters. The number of carbonyl (C=O) groups is 1. The molecule has 1 unspecified atom stereocenters. The molecule has 0 saturated carbocycles. The van der Waals surface area contributed by atoms with E-state index in [-0.39, 0.29) is 11.9 Å². The normalized spacial score (nSPS) is 12.2. The van der Waals surface area contributed by atoms with Crippen LogP contribution >= 0.6 is 0 Å². The van der Waals surface area contributed by atoms with Crippen LogP contribution in [0, 0.1) is 13.8 Å². The summed E-state index contributed by atoms with van der Waals surface area (Å²) >= 11 is 0. The molecule has 0 radical (unpaired) electrons. The van der Waals surface area contributed by atoms with Crippen LogP contribution < -0.4 is 10.6 Å². The summed E-state index contributed by atoms with van der Waals surface area (Å²) in [6, 6.07) is 11.5. The summed E-state index contributed by atoms with van der Waals surface area (Å²) in [5.74, 6) is 0.570. The van der Waals surface area contributed by atoms with E-state index < -0.39 is 6.04 Å². The van der Waals surface area contributed by atoms with Crippen molar-refractivity contribution in [3.05, 3.63) is 54.0 Å². The number of aryl methyl sites for hydroxylation is 1. The number of hydrogen-bond donors (Lipinski definition) is 2. The van der Waals surface area contributed by atoms with Gasteiger partial charge < -0.3 is 10.6 Å². The Morgan fingerprint density at radius 1 is 1.07 bits per heavy atom. The first-order chi connectivity index (χ1) is 12.9. The van der Waals surface area contributed by atoms with Gasteiger partial charge in [0.15, 0.2) is 0 Å². The zero-order chi connectivity index (χ0) is 19.6. The van der Waals surface area contributed by atoms with Crippen molar-refractivity contribution >= 4 is 17.4 Å². The van der Waals surface area contributed by atoms with Gasteiger partial charge in [0, 0.05) is 12.1 Å². The fraction of sp³-hybridized carbons (Fsp3) is 0.350. The van der Waals surface area contributed by atoms with Crippen molar-refractivity contribution in [3.63, 3.8) is 0 Å². The molecule has 1 amide bonds. The Labute approximate surface area is 159 Å². The van der Waals surface area contributed by atoms with Crippen LogP contribution in [0.15, 0.2) is 42.6 Å². The van der Waals surface area contributed by atoms with Gasteiger partial charge in [-0.05, 0) is 46.8 Å². The molecule has 0 fully saturated rings. The minimum Gasteiger partial charge on any atom is -0.371 e. The second-order valence-corrected chi connectivity index (χ2v) is 6.90. The number of rotatable bonds is 6. The number of amides is 1. The number of carbonyl (C=O) groups excluding carboxylic acids is 1. The average Bonchev–Trinajstić information content (AvgIpc) is 3.22. The standard InChI is InChI=1S/C20H26N6O/c1-13(2)25-18(11-12-21-25)23-20(27)15(4)22-19-14(3)24-26(16(19)5)17-9-7-6-8-10-17/h6-13,15,22H,1-5H3,(H,23,27). The molecule has 0 bridgehead atoms. The third kappa shape index (κ3) is 3.86. The van der Waals surface area contributed by atoms with Crippen LogP contribution in [0.5, 0.6) is 0 Å². The van der Waals surface area contributed by atoms with Gasteiger partial charge >= 0.3 is 0 Å². The minimum absolute atomic E-state index is 0.122. The van der Waals surface area contributed by atoms with Crippen LogP contribution in [0.2, 0.25) is 0 Å². The molecule has 1 aromatic carbocycles. The molecule has 7 heteroatoms. The lowest BCUT2D eigenvalue weighted by Gasteiger charge is -2.17. The maximum absolute atomic E-state index is 12.6. The quantitative estimate of drug-likeness (QED) is 0.697. The lowest BCUT2D eigenvalue weighted by Crippen LogP contribution is -2.33. The van der Waals surface area contributed by atoms with Crippen LogP contribution in [-0.2, 0) is 4.79 Å². The molecule has 3 rings (SSSR count). The molecule has 7 nitrogen and oxygen atoms in total. The Balaban J connectivity index is 1.76. The first-order valence-corrected chi connectivity index (χ1v) is 9.11. The van der Waals surface area contributed by atoms with Crippen LogP contribution in [0.3, 0.4) is 0 Å². The fourth-order valence-corrected chi connectivity index (χ4v) is 3.01. The summed E-state index contributed by atoms with van der Waals surface area (Å²) < 4.78 is 3.67. The monoisotopic (exact) mass is 366 g/mol. The van der Waals surface area contributed by atoms with Gasteiger partial charge in [-0.2, -0.15) is 10.2 Å². The van der Waals surface area contributed by atoms with Crippen molar-refractivity contribution in [2.45, 2.75) is 46.7 Å². The van der Waals surface area contributed by atoms with Gasteiger partial charge in [-0.25, -0.2) is 9.36 Å². The summed E-state index contributed by atoms with van der Waals surface area (Å²) in [5.41, 5.74) is 3.68. The van der Waals surface area contributed by atoms with E-state index in [1.807, 2.05) is 69.6 Å². The Kier molecular flexibility index (Phi) is 5.30. The highest BCUT2D eigenvalue weighted by atomic mass is 16.2. The summed E-state index contributed by atoms with van der Waals surface area (Å²) in [4.78, 5) is 12.6. The Hall–Kier alpha value is -3.09. The number of anilines is 2. The Morgan fingerprint density at radius 3 is 2.44 bits per heavy atom.